The summed E-state index contributed by atoms with van der Waals surface area (Å²) in [4.78, 5) is 11.3. The maximum atomic E-state index is 11.3. The number of carbonyl (C=O) groups excluding carboxylic acids is 1. The minimum atomic E-state index is -0.517. The Balaban J connectivity index is 2.56. The van der Waals surface area contributed by atoms with Gasteiger partial charge in [0.2, 0.25) is 5.91 Å². The number of benzene rings is 1. The minimum Gasteiger partial charge on any atom is -0.496 e. The highest BCUT2D eigenvalue weighted by Crippen LogP contribution is 2.22. The molecule has 0 saturated carbocycles. The maximum Gasteiger partial charge on any atom is 0.237 e. The highest BCUT2D eigenvalue weighted by atomic mass is 35.5. The Morgan fingerprint density at radius 2 is 2.24 bits per heavy atom. The van der Waals surface area contributed by atoms with Crippen molar-refractivity contribution >= 4 is 29.1 Å². The van der Waals surface area contributed by atoms with Gasteiger partial charge in [0.05, 0.1) is 7.11 Å². The van der Waals surface area contributed by atoms with Crippen LogP contribution in [0.25, 0.3) is 0 Å². The van der Waals surface area contributed by atoms with Crippen LogP contribution in [0.3, 0.4) is 0 Å². The smallest absolute Gasteiger partial charge is 0.237 e. The monoisotopic (exact) mass is 275 g/mol. The van der Waals surface area contributed by atoms with Gasteiger partial charge in [0, 0.05) is 11.6 Å². The molecule has 17 heavy (non-hydrogen) atoms. The van der Waals surface area contributed by atoms with E-state index in [9.17, 15) is 4.79 Å². The molecule has 1 aromatic rings. The van der Waals surface area contributed by atoms with Gasteiger partial charge in [-0.05, 0) is 37.1 Å². The first-order valence-electron chi connectivity index (χ1n) is 5.28. The average molecular weight is 276 g/mol. The van der Waals surface area contributed by atoms with Crippen molar-refractivity contribution in [1.82, 2.24) is 5.32 Å². The molecule has 1 rings (SSSR count). The fourth-order valence-corrected chi connectivity index (χ4v) is 1.68. The van der Waals surface area contributed by atoms with E-state index in [1.54, 1.807) is 20.1 Å². The second kappa shape index (κ2) is 6.72. The molecule has 1 unspecified atom stereocenters. The summed E-state index contributed by atoms with van der Waals surface area (Å²) >= 11 is 11.5. The Morgan fingerprint density at radius 3 is 2.82 bits per heavy atom. The van der Waals surface area contributed by atoms with Crippen molar-refractivity contribution in [1.29, 1.82) is 0 Å². The molecular weight excluding hydrogens is 261 g/mol. The Labute approximate surface area is 111 Å². The standard InChI is InChI=1S/C12H15Cl2NO2/c1-8(13)12(16)15-6-5-9-7-10(14)3-4-11(9)17-2/h3-4,7-8H,5-6H2,1-2H3,(H,15,16). The van der Waals surface area contributed by atoms with Crippen LogP contribution in [-0.2, 0) is 11.2 Å². The van der Waals surface area contributed by atoms with Gasteiger partial charge in [0.1, 0.15) is 11.1 Å². The zero-order valence-electron chi connectivity index (χ0n) is 9.80. The summed E-state index contributed by atoms with van der Waals surface area (Å²) < 4.78 is 5.21. The van der Waals surface area contributed by atoms with Crippen LogP contribution in [0.2, 0.25) is 5.02 Å². The molecule has 0 aliphatic rings. The fourth-order valence-electron chi connectivity index (χ4n) is 1.40. The molecule has 0 radical (unpaired) electrons. The average Bonchev–Trinajstić information content (AvgIpc) is 2.29. The summed E-state index contributed by atoms with van der Waals surface area (Å²) in [6.45, 7) is 2.14. The highest BCUT2D eigenvalue weighted by molar-refractivity contribution is 6.30. The summed E-state index contributed by atoms with van der Waals surface area (Å²) in [6.07, 6.45) is 0.652. The number of alkyl halides is 1. The van der Waals surface area contributed by atoms with Crippen LogP contribution in [0.5, 0.6) is 5.75 Å². The number of carbonyl (C=O) groups is 1. The van der Waals surface area contributed by atoms with Crippen LogP contribution in [-0.4, -0.2) is 24.9 Å². The van der Waals surface area contributed by atoms with Crippen LogP contribution < -0.4 is 10.1 Å². The topological polar surface area (TPSA) is 38.3 Å². The van der Waals surface area contributed by atoms with Crippen molar-refractivity contribution in [2.45, 2.75) is 18.7 Å². The number of rotatable bonds is 5. The van der Waals surface area contributed by atoms with Gasteiger partial charge in [-0.25, -0.2) is 0 Å². The van der Waals surface area contributed by atoms with E-state index in [0.29, 0.717) is 18.0 Å². The first kappa shape index (κ1) is 14.1. The molecule has 0 aliphatic heterocycles. The number of amides is 1. The molecule has 0 fully saturated rings. The van der Waals surface area contributed by atoms with E-state index < -0.39 is 5.38 Å². The van der Waals surface area contributed by atoms with Gasteiger partial charge in [0.25, 0.3) is 0 Å². The molecule has 0 heterocycles. The van der Waals surface area contributed by atoms with E-state index in [1.165, 1.54) is 0 Å². The second-order valence-electron chi connectivity index (χ2n) is 3.61. The van der Waals surface area contributed by atoms with Gasteiger partial charge in [-0.3, -0.25) is 4.79 Å². The second-order valence-corrected chi connectivity index (χ2v) is 4.70. The Kier molecular flexibility index (Phi) is 5.59. The minimum absolute atomic E-state index is 0.173. The first-order valence-corrected chi connectivity index (χ1v) is 6.10. The number of methoxy groups -OCH3 is 1. The van der Waals surface area contributed by atoms with E-state index in [1.807, 2.05) is 12.1 Å². The molecule has 0 bridgehead atoms. The van der Waals surface area contributed by atoms with Gasteiger partial charge in [-0.15, -0.1) is 11.6 Å². The van der Waals surface area contributed by atoms with Crippen molar-refractivity contribution in [2.75, 3.05) is 13.7 Å². The number of hydrogen-bond donors (Lipinski definition) is 1. The molecule has 0 spiro atoms. The summed E-state index contributed by atoms with van der Waals surface area (Å²) in [5.41, 5.74) is 0.961. The van der Waals surface area contributed by atoms with Crippen molar-refractivity contribution in [2.24, 2.45) is 0 Å². The summed E-state index contributed by atoms with van der Waals surface area (Å²) in [5, 5.41) is 2.87. The number of halogens is 2. The molecule has 0 aromatic heterocycles. The molecule has 1 atom stereocenters. The lowest BCUT2D eigenvalue weighted by molar-refractivity contribution is -0.120. The van der Waals surface area contributed by atoms with Gasteiger partial charge in [-0.2, -0.15) is 0 Å². The Bertz CT molecular complexity index is 394. The van der Waals surface area contributed by atoms with E-state index in [4.69, 9.17) is 27.9 Å². The number of ether oxygens (including phenoxy) is 1. The van der Waals surface area contributed by atoms with Gasteiger partial charge >= 0.3 is 0 Å². The van der Waals surface area contributed by atoms with Crippen molar-refractivity contribution in [3.63, 3.8) is 0 Å². The predicted molar refractivity (Wildman–Crippen MR) is 70.0 cm³/mol. The Morgan fingerprint density at radius 1 is 1.53 bits per heavy atom. The van der Waals surface area contributed by atoms with E-state index >= 15 is 0 Å². The molecule has 94 valence electrons. The summed E-state index contributed by atoms with van der Waals surface area (Å²) in [5.74, 6) is 0.593. The van der Waals surface area contributed by atoms with Crippen molar-refractivity contribution in [3.8, 4) is 5.75 Å². The highest BCUT2D eigenvalue weighted by Gasteiger charge is 2.09. The number of nitrogens with one attached hydrogen (secondary N) is 1. The van der Waals surface area contributed by atoms with Crippen molar-refractivity contribution in [3.05, 3.63) is 28.8 Å². The van der Waals surface area contributed by atoms with E-state index in [-0.39, 0.29) is 5.91 Å². The molecule has 0 aliphatic carbocycles. The fraction of sp³-hybridized carbons (Fsp3) is 0.417. The van der Waals surface area contributed by atoms with E-state index in [0.717, 1.165) is 11.3 Å². The third-order valence-electron chi connectivity index (χ3n) is 2.30. The molecule has 5 heteroatoms. The zero-order chi connectivity index (χ0) is 12.8. The lowest BCUT2D eigenvalue weighted by Crippen LogP contribution is -2.31. The normalized spacial score (nSPS) is 12.0. The Hall–Kier alpha value is -0.930. The summed E-state index contributed by atoms with van der Waals surface area (Å²) in [7, 11) is 1.60. The lowest BCUT2D eigenvalue weighted by Gasteiger charge is -2.10. The van der Waals surface area contributed by atoms with Crippen molar-refractivity contribution < 1.29 is 9.53 Å². The molecule has 3 nitrogen and oxygen atoms in total. The van der Waals surface area contributed by atoms with Gasteiger partial charge in [-0.1, -0.05) is 11.6 Å². The molecule has 1 aromatic carbocycles. The van der Waals surface area contributed by atoms with Gasteiger partial charge < -0.3 is 10.1 Å². The van der Waals surface area contributed by atoms with Crippen LogP contribution in [0, 0.1) is 0 Å². The third kappa shape index (κ3) is 4.44. The molecular formula is C12H15Cl2NO2. The quantitative estimate of drug-likeness (QED) is 0.839. The SMILES string of the molecule is COc1ccc(Cl)cc1CCNC(=O)C(C)Cl. The summed E-state index contributed by atoms with van der Waals surface area (Å²) in [6, 6.07) is 5.41. The van der Waals surface area contributed by atoms with Crippen LogP contribution >= 0.6 is 23.2 Å². The predicted octanol–water partition coefficient (Wildman–Crippen LogP) is 2.63. The van der Waals surface area contributed by atoms with Crippen LogP contribution in [0.15, 0.2) is 18.2 Å². The van der Waals surface area contributed by atoms with E-state index in [2.05, 4.69) is 5.32 Å². The molecule has 1 amide bonds. The largest absolute Gasteiger partial charge is 0.496 e. The van der Waals surface area contributed by atoms with Gasteiger partial charge in [0.15, 0.2) is 0 Å². The first-order chi connectivity index (χ1) is 8.04. The van der Waals surface area contributed by atoms with Crippen LogP contribution in [0.4, 0.5) is 0 Å². The van der Waals surface area contributed by atoms with Crippen LogP contribution in [0.1, 0.15) is 12.5 Å². The lowest BCUT2D eigenvalue weighted by atomic mass is 10.1. The zero-order valence-corrected chi connectivity index (χ0v) is 11.3. The third-order valence-corrected chi connectivity index (χ3v) is 2.73. The number of hydrogen-bond acceptors (Lipinski definition) is 2. The molecule has 0 saturated heterocycles. The maximum absolute atomic E-state index is 11.3. The molecule has 1 N–H and O–H groups in total.